The number of hydrogen-bond donors (Lipinski definition) is 0. The van der Waals surface area contributed by atoms with Crippen LogP contribution >= 0.6 is 23.2 Å². The lowest BCUT2D eigenvalue weighted by molar-refractivity contribution is -0.110. The molecule has 1 amide bonds. The molecule has 0 spiro atoms. The number of pyridine rings is 1. The number of hydrogen-bond acceptors (Lipinski definition) is 5. The summed E-state index contributed by atoms with van der Waals surface area (Å²) in [5.74, 6) is 1.07. The summed E-state index contributed by atoms with van der Waals surface area (Å²) < 4.78 is 17.3. The molecule has 1 aromatic heterocycles. The number of amides is 1. The SMILES string of the molecule is CC(C)(C)C(C)(C)OCC1CN(c2ccc(OCc3cc(Cl)cc(Cl)c3)cn2)C(=O)O1. The van der Waals surface area contributed by atoms with Crippen molar-refractivity contribution >= 4 is 35.1 Å². The van der Waals surface area contributed by atoms with Gasteiger partial charge in [0.05, 0.1) is 24.9 Å². The Bertz CT molecular complexity index is 906. The number of carbonyl (C=O) groups is 1. The van der Waals surface area contributed by atoms with Crippen LogP contribution in [0.1, 0.15) is 40.2 Å². The highest BCUT2D eigenvalue weighted by atomic mass is 35.5. The van der Waals surface area contributed by atoms with Crippen molar-refractivity contribution in [2.75, 3.05) is 18.1 Å². The molecule has 2 aromatic rings. The fourth-order valence-electron chi connectivity index (χ4n) is 2.79. The Morgan fingerprint density at radius 3 is 2.39 bits per heavy atom. The summed E-state index contributed by atoms with van der Waals surface area (Å²) in [6, 6.07) is 8.73. The van der Waals surface area contributed by atoms with E-state index in [1.807, 2.05) is 13.8 Å². The largest absolute Gasteiger partial charge is 0.487 e. The van der Waals surface area contributed by atoms with Crippen molar-refractivity contribution in [2.24, 2.45) is 5.41 Å². The van der Waals surface area contributed by atoms with Crippen LogP contribution in [-0.2, 0) is 16.1 Å². The van der Waals surface area contributed by atoms with Crippen LogP contribution in [0.5, 0.6) is 5.75 Å². The number of rotatable bonds is 7. The molecule has 0 bridgehead atoms. The molecule has 0 aliphatic carbocycles. The summed E-state index contributed by atoms with van der Waals surface area (Å²) in [4.78, 5) is 18.2. The first-order valence-corrected chi connectivity index (χ1v) is 10.9. The van der Waals surface area contributed by atoms with Crippen molar-refractivity contribution in [1.82, 2.24) is 4.98 Å². The topological polar surface area (TPSA) is 60.9 Å². The third-order valence-corrected chi connectivity index (χ3v) is 6.07. The smallest absolute Gasteiger partial charge is 0.416 e. The predicted molar refractivity (Wildman–Crippen MR) is 122 cm³/mol. The van der Waals surface area contributed by atoms with E-state index in [0.29, 0.717) is 41.4 Å². The van der Waals surface area contributed by atoms with Crippen molar-refractivity contribution in [3.63, 3.8) is 0 Å². The fraction of sp³-hybridized carbons (Fsp3) is 0.478. The van der Waals surface area contributed by atoms with Gasteiger partial charge in [0.1, 0.15) is 24.3 Å². The summed E-state index contributed by atoms with van der Waals surface area (Å²) in [5, 5.41) is 1.10. The van der Waals surface area contributed by atoms with E-state index in [0.717, 1.165) is 5.56 Å². The molecule has 168 valence electrons. The summed E-state index contributed by atoms with van der Waals surface area (Å²) in [6.45, 7) is 11.5. The average Bonchev–Trinajstić information content (AvgIpc) is 3.04. The van der Waals surface area contributed by atoms with Crippen LogP contribution < -0.4 is 9.64 Å². The Balaban J connectivity index is 1.56. The zero-order valence-electron chi connectivity index (χ0n) is 18.4. The van der Waals surface area contributed by atoms with Crippen LogP contribution in [0.2, 0.25) is 10.0 Å². The van der Waals surface area contributed by atoms with Crippen LogP contribution in [0.25, 0.3) is 0 Å². The third kappa shape index (κ3) is 6.03. The molecule has 1 saturated heterocycles. The molecule has 1 fully saturated rings. The van der Waals surface area contributed by atoms with Gasteiger partial charge in [-0.25, -0.2) is 9.78 Å². The van der Waals surface area contributed by atoms with Crippen LogP contribution in [-0.4, -0.2) is 35.9 Å². The minimum Gasteiger partial charge on any atom is -0.487 e. The Morgan fingerprint density at radius 2 is 1.81 bits per heavy atom. The highest BCUT2D eigenvalue weighted by molar-refractivity contribution is 6.34. The molecule has 0 saturated carbocycles. The fourth-order valence-corrected chi connectivity index (χ4v) is 3.36. The molecule has 8 heteroatoms. The maximum atomic E-state index is 12.3. The van der Waals surface area contributed by atoms with Gasteiger partial charge in [0.25, 0.3) is 0 Å². The van der Waals surface area contributed by atoms with Gasteiger partial charge < -0.3 is 14.2 Å². The monoisotopic (exact) mass is 466 g/mol. The van der Waals surface area contributed by atoms with Crippen LogP contribution in [0, 0.1) is 5.41 Å². The number of cyclic esters (lactones) is 1. The number of ether oxygens (including phenoxy) is 3. The highest BCUT2D eigenvalue weighted by Gasteiger charge is 2.38. The summed E-state index contributed by atoms with van der Waals surface area (Å²) >= 11 is 12.0. The van der Waals surface area contributed by atoms with Gasteiger partial charge in [-0.1, -0.05) is 44.0 Å². The first-order chi connectivity index (χ1) is 14.4. The van der Waals surface area contributed by atoms with E-state index in [4.69, 9.17) is 37.4 Å². The van der Waals surface area contributed by atoms with Crippen molar-refractivity contribution in [1.29, 1.82) is 0 Å². The molecule has 2 heterocycles. The molecular weight excluding hydrogens is 439 g/mol. The first kappa shape index (κ1) is 23.6. The van der Waals surface area contributed by atoms with Crippen molar-refractivity contribution in [3.05, 3.63) is 52.1 Å². The molecule has 31 heavy (non-hydrogen) atoms. The molecule has 1 unspecified atom stereocenters. The number of anilines is 1. The lowest BCUT2D eigenvalue weighted by atomic mass is 9.79. The number of halogens is 2. The zero-order valence-corrected chi connectivity index (χ0v) is 20.0. The molecule has 0 N–H and O–H groups in total. The van der Waals surface area contributed by atoms with Gasteiger partial charge in [-0.3, -0.25) is 4.90 Å². The second-order valence-corrected chi connectivity index (χ2v) is 9.98. The molecule has 6 nitrogen and oxygen atoms in total. The van der Waals surface area contributed by atoms with E-state index in [2.05, 4.69) is 25.8 Å². The zero-order chi connectivity index (χ0) is 22.8. The van der Waals surface area contributed by atoms with Gasteiger partial charge in [0.15, 0.2) is 0 Å². The lowest BCUT2D eigenvalue weighted by Crippen LogP contribution is -2.41. The van der Waals surface area contributed by atoms with Gasteiger partial charge in [0, 0.05) is 10.0 Å². The Labute approximate surface area is 193 Å². The molecule has 1 atom stereocenters. The summed E-state index contributed by atoms with van der Waals surface area (Å²) in [5.41, 5.74) is 0.464. The number of carbonyl (C=O) groups excluding carboxylic acids is 1. The molecule has 1 aromatic carbocycles. The number of benzene rings is 1. The Hall–Kier alpha value is -2.02. The molecule has 0 radical (unpaired) electrons. The maximum absolute atomic E-state index is 12.3. The van der Waals surface area contributed by atoms with Crippen molar-refractivity contribution < 1.29 is 19.0 Å². The Kier molecular flexibility index (Phi) is 7.04. The van der Waals surface area contributed by atoms with Gasteiger partial charge in [-0.2, -0.15) is 0 Å². The molecular formula is C23H28Cl2N2O4. The van der Waals surface area contributed by atoms with E-state index in [1.165, 1.54) is 4.90 Å². The van der Waals surface area contributed by atoms with Gasteiger partial charge >= 0.3 is 6.09 Å². The highest BCUT2D eigenvalue weighted by Crippen LogP contribution is 2.33. The van der Waals surface area contributed by atoms with Crippen molar-refractivity contribution in [3.8, 4) is 5.75 Å². The average molecular weight is 467 g/mol. The van der Waals surface area contributed by atoms with Gasteiger partial charge in [-0.05, 0) is 55.2 Å². The molecule has 1 aliphatic rings. The van der Waals surface area contributed by atoms with Crippen molar-refractivity contribution in [2.45, 2.75) is 52.9 Å². The standard InChI is InChI=1S/C23H28Cl2N2O4/c1-22(2,3)23(4,5)30-14-19-12-27(21(28)31-19)20-7-6-18(11-26-20)29-13-15-8-16(24)10-17(25)9-15/h6-11,19H,12-14H2,1-5H3. The summed E-state index contributed by atoms with van der Waals surface area (Å²) in [7, 11) is 0. The minimum atomic E-state index is -0.433. The normalized spacial score (nSPS) is 17.1. The van der Waals surface area contributed by atoms with E-state index < -0.39 is 6.09 Å². The predicted octanol–water partition coefficient (Wildman–Crippen LogP) is 6.13. The van der Waals surface area contributed by atoms with Gasteiger partial charge in [0.2, 0.25) is 0 Å². The second kappa shape index (κ2) is 9.23. The van der Waals surface area contributed by atoms with E-state index in [1.54, 1.807) is 36.5 Å². The first-order valence-electron chi connectivity index (χ1n) is 10.1. The van der Waals surface area contributed by atoms with E-state index >= 15 is 0 Å². The molecule has 1 aliphatic heterocycles. The van der Waals surface area contributed by atoms with Gasteiger partial charge in [-0.15, -0.1) is 0 Å². The number of aromatic nitrogens is 1. The van der Waals surface area contributed by atoms with Crippen LogP contribution in [0.3, 0.4) is 0 Å². The quantitative estimate of drug-likeness (QED) is 0.490. The minimum absolute atomic E-state index is 0.0386. The molecule has 3 rings (SSSR count). The maximum Gasteiger partial charge on any atom is 0.416 e. The summed E-state index contributed by atoms with van der Waals surface area (Å²) in [6.07, 6.45) is 0.790. The van der Waals surface area contributed by atoms with E-state index in [9.17, 15) is 4.79 Å². The van der Waals surface area contributed by atoms with Crippen LogP contribution in [0.15, 0.2) is 36.5 Å². The van der Waals surface area contributed by atoms with E-state index in [-0.39, 0.29) is 17.1 Å². The van der Waals surface area contributed by atoms with Crippen LogP contribution in [0.4, 0.5) is 10.6 Å². The lowest BCUT2D eigenvalue weighted by Gasteiger charge is -2.39. The third-order valence-electron chi connectivity index (χ3n) is 5.64. The Morgan fingerprint density at radius 1 is 1.13 bits per heavy atom. The second-order valence-electron chi connectivity index (χ2n) is 9.11. The number of nitrogens with zero attached hydrogens (tertiary/aromatic N) is 2.